The van der Waals surface area contributed by atoms with Gasteiger partial charge in [0.25, 0.3) is 0 Å². The van der Waals surface area contributed by atoms with Crippen LogP contribution < -0.4 is 5.32 Å². The number of hydrogen-bond acceptors (Lipinski definition) is 4. The average Bonchev–Trinajstić information content (AvgIpc) is 3.35. The van der Waals surface area contributed by atoms with E-state index in [-0.39, 0.29) is 0 Å². The van der Waals surface area contributed by atoms with Crippen molar-refractivity contribution in [1.29, 1.82) is 0 Å². The first-order chi connectivity index (χ1) is 15.8. The van der Waals surface area contributed by atoms with Crippen molar-refractivity contribution < 1.29 is 23.1 Å². The highest BCUT2D eigenvalue weighted by Crippen LogP contribution is 2.25. The molecule has 2 fully saturated rings. The number of carboxylic acid groups (broad SMARTS) is 1. The van der Waals surface area contributed by atoms with E-state index in [1.165, 1.54) is 75.8 Å². The zero-order valence-corrected chi connectivity index (χ0v) is 18.8. The molecule has 1 saturated carbocycles. The van der Waals surface area contributed by atoms with E-state index in [1.54, 1.807) is 0 Å². The predicted octanol–water partition coefficient (Wildman–Crippen LogP) is 4.64. The lowest BCUT2D eigenvalue weighted by Crippen LogP contribution is -2.44. The fraction of sp³-hybridized carbons (Fsp3) is 0.583. The average molecular weight is 467 g/mol. The maximum atomic E-state index is 10.6. The third-order valence-electron chi connectivity index (χ3n) is 6.38. The number of nitrogens with zero attached hydrogens (tertiary/aromatic N) is 3. The van der Waals surface area contributed by atoms with Crippen LogP contribution in [0.5, 0.6) is 0 Å². The van der Waals surface area contributed by atoms with Gasteiger partial charge in [-0.25, -0.2) is 9.78 Å². The van der Waals surface area contributed by atoms with Crippen LogP contribution in [0.2, 0.25) is 0 Å². The molecular formula is C24H33F3N4O2. The highest BCUT2D eigenvalue weighted by molar-refractivity contribution is 5.73. The number of carboxylic acids is 1. The molecule has 0 spiro atoms. The zero-order chi connectivity index (χ0) is 23.7. The van der Waals surface area contributed by atoms with Crippen molar-refractivity contribution in [3.05, 3.63) is 48.5 Å². The molecule has 33 heavy (non-hydrogen) atoms. The van der Waals surface area contributed by atoms with Crippen molar-refractivity contribution in [2.45, 2.75) is 63.7 Å². The molecule has 0 bridgehead atoms. The lowest BCUT2D eigenvalue weighted by molar-refractivity contribution is -0.192. The summed E-state index contributed by atoms with van der Waals surface area (Å²) < 4.78 is 33.8. The van der Waals surface area contributed by atoms with Gasteiger partial charge in [0, 0.05) is 37.2 Å². The lowest BCUT2D eigenvalue weighted by Gasteiger charge is -2.35. The van der Waals surface area contributed by atoms with Gasteiger partial charge in [-0.2, -0.15) is 13.2 Å². The predicted molar refractivity (Wildman–Crippen MR) is 120 cm³/mol. The van der Waals surface area contributed by atoms with E-state index < -0.39 is 12.1 Å². The maximum absolute atomic E-state index is 10.6. The Bertz CT molecular complexity index is 844. The number of aliphatic carboxylic acids is 1. The molecular weight excluding hydrogens is 433 g/mol. The van der Waals surface area contributed by atoms with Gasteiger partial charge in [-0.05, 0) is 62.4 Å². The van der Waals surface area contributed by atoms with Crippen LogP contribution in [0, 0.1) is 5.92 Å². The van der Waals surface area contributed by atoms with Crippen molar-refractivity contribution in [3.63, 3.8) is 0 Å². The van der Waals surface area contributed by atoms with Crippen LogP contribution in [0.15, 0.2) is 43.0 Å². The zero-order valence-electron chi connectivity index (χ0n) is 18.8. The number of nitrogens with one attached hydrogen (secondary N) is 1. The second kappa shape index (κ2) is 12.2. The molecule has 2 aromatic rings. The molecule has 2 aliphatic rings. The summed E-state index contributed by atoms with van der Waals surface area (Å²) in [6, 6.07) is 9.40. The van der Waals surface area contributed by atoms with Crippen molar-refractivity contribution in [2.75, 3.05) is 19.6 Å². The molecule has 9 heteroatoms. The molecule has 1 aromatic carbocycles. The van der Waals surface area contributed by atoms with E-state index in [9.17, 15) is 13.2 Å². The normalized spacial score (nSPS) is 18.5. The molecule has 1 aliphatic carbocycles. The van der Waals surface area contributed by atoms with Crippen molar-refractivity contribution in [1.82, 2.24) is 19.8 Å². The number of rotatable bonds is 6. The summed E-state index contributed by atoms with van der Waals surface area (Å²) in [5.41, 5.74) is 2.53. The summed E-state index contributed by atoms with van der Waals surface area (Å²) in [4.78, 5) is 15.8. The molecule has 6 nitrogen and oxygen atoms in total. The first-order valence-electron chi connectivity index (χ1n) is 11.6. The number of carbonyl (C=O) groups is 1. The van der Waals surface area contributed by atoms with Gasteiger partial charge < -0.3 is 19.9 Å². The highest BCUT2D eigenvalue weighted by atomic mass is 19.4. The summed E-state index contributed by atoms with van der Waals surface area (Å²) in [6.07, 6.45) is 10.5. The summed E-state index contributed by atoms with van der Waals surface area (Å²) in [7, 11) is 0. The maximum Gasteiger partial charge on any atom is 0.490 e. The van der Waals surface area contributed by atoms with Crippen molar-refractivity contribution in [2.24, 2.45) is 5.92 Å². The van der Waals surface area contributed by atoms with Crippen molar-refractivity contribution >= 4 is 5.97 Å². The third kappa shape index (κ3) is 8.47. The molecule has 0 radical (unpaired) electrons. The largest absolute Gasteiger partial charge is 0.490 e. The Morgan fingerprint density at radius 1 is 1.12 bits per heavy atom. The Kier molecular flexibility index (Phi) is 9.31. The van der Waals surface area contributed by atoms with Gasteiger partial charge in [0.15, 0.2) is 0 Å². The Labute approximate surface area is 192 Å². The standard InChI is InChI=1S/C22H32N4.C2HF3O2/c1-2-5-19(6-3-1)17-25-12-9-21(10-13-25)24-16-20-7-4-8-22(15-20)26-14-11-23-18-26;3-2(4,5)1(6)7/h4,7-8,11,14-15,18-19,21,24H,1-3,5-6,9-10,12-13,16-17H2;(H,6,7). The topological polar surface area (TPSA) is 70.4 Å². The smallest absolute Gasteiger partial charge is 0.475 e. The van der Waals surface area contributed by atoms with Gasteiger partial charge in [-0.15, -0.1) is 0 Å². The van der Waals surface area contributed by atoms with E-state index >= 15 is 0 Å². The number of alkyl halides is 3. The molecule has 0 amide bonds. The molecule has 2 heterocycles. The number of halogens is 3. The van der Waals surface area contributed by atoms with Crippen LogP contribution in [0.25, 0.3) is 5.69 Å². The van der Waals surface area contributed by atoms with Gasteiger partial charge >= 0.3 is 12.1 Å². The third-order valence-corrected chi connectivity index (χ3v) is 6.38. The quantitative estimate of drug-likeness (QED) is 0.649. The van der Waals surface area contributed by atoms with Crippen molar-refractivity contribution in [3.8, 4) is 5.69 Å². The Morgan fingerprint density at radius 3 is 2.42 bits per heavy atom. The fourth-order valence-electron chi connectivity index (χ4n) is 4.56. The monoisotopic (exact) mass is 466 g/mol. The molecule has 1 aliphatic heterocycles. The SMILES string of the molecule is O=C(O)C(F)(F)F.c1cc(CNC2CCN(CC3CCCCC3)CC2)cc(-n2ccnc2)c1. The summed E-state index contributed by atoms with van der Waals surface area (Å²) in [6.45, 7) is 4.84. The molecule has 4 rings (SSSR count). The van der Waals surface area contributed by atoms with Gasteiger partial charge in [-0.3, -0.25) is 0 Å². The lowest BCUT2D eigenvalue weighted by atomic mass is 9.88. The summed E-state index contributed by atoms with van der Waals surface area (Å²) in [5.74, 6) is -1.79. The molecule has 182 valence electrons. The molecule has 1 aromatic heterocycles. The number of imidazole rings is 1. The minimum Gasteiger partial charge on any atom is -0.475 e. The molecule has 0 atom stereocenters. The number of benzene rings is 1. The van der Waals surface area contributed by atoms with Crippen LogP contribution in [-0.2, 0) is 11.3 Å². The van der Waals surface area contributed by atoms with E-state index in [4.69, 9.17) is 9.90 Å². The first-order valence-corrected chi connectivity index (χ1v) is 11.6. The number of hydrogen-bond donors (Lipinski definition) is 2. The second-order valence-corrected chi connectivity index (χ2v) is 8.90. The molecule has 0 unspecified atom stereocenters. The fourth-order valence-corrected chi connectivity index (χ4v) is 4.56. The molecule has 2 N–H and O–H groups in total. The minimum absolute atomic E-state index is 0.662. The second-order valence-electron chi connectivity index (χ2n) is 8.90. The van der Waals surface area contributed by atoms with E-state index in [1.807, 2.05) is 18.7 Å². The van der Waals surface area contributed by atoms with Crippen LogP contribution >= 0.6 is 0 Å². The minimum atomic E-state index is -5.08. The Hall–Kier alpha value is -2.39. The van der Waals surface area contributed by atoms with Gasteiger partial charge in [0.1, 0.15) is 0 Å². The first kappa shape index (κ1) is 25.2. The van der Waals surface area contributed by atoms with Crippen LogP contribution in [0.3, 0.4) is 0 Å². The van der Waals surface area contributed by atoms with Crippen LogP contribution in [0.4, 0.5) is 13.2 Å². The van der Waals surface area contributed by atoms with Gasteiger partial charge in [0.2, 0.25) is 0 Å². The van der Waals surface area contributed by atoms with E-state index in [0.717, 1.165) is 12.5 Å². The highest BCUT2D eigenvalue weighted by Gasteiger charge is 2.38. The van der Waals surface area contributed by atoms with Crippen LogP contribution in [0.1, 0.15) is 50.5 Å². The van der Waals surface area contributed by atoms with Gasteiger partial charge in [0.05, 0.1) is 6.33 Å². The Morgan fingerprint density at radius 2 is 1.82 bits per heavy atom. The van der Waals surface area contributed by atoms with E-state index in [0.29, 0.717) is 6.04 Å². The van der Waals surface area contributed by atoms with E-state index in [2.05, 4.69) is 44.0 Å². The number of piperidine rings is 1. The number of aromatic nitrogens is 2. The number of likely N-dealkylation sites (tertiary alicyclic amines) is 1. The van der Waals surface area contributed by atoms with Crippen LogP contribution in [-0.4, -0.2) is 57.4 Å². The van der Waals surface area contributed by atoms with Gasteiger partial charge in [-0.1, -0.05) is 31.4 Å². The Balaban J connectivity index is 0.000000383. The summed E-state index contributed by atoms with van der Waals surface area (Å²) >= 11 is 0. The molecule has 1 saturated heterocycles. The summed E-state index contributed by atoms with van der Waals surface area (Å²) in [5, 5.41) is 10.9.